The van der Waals surface area contributed by atoms with Gasteiger partial charge in [0.1, 0.15) is 11.8 Å². The molecule has 0 aliphatic carbocycles. The van der Waals surface area contributed by atoms with Crippen LogP contribution in [0.3, 0.4) is 0 Å². The van der Waals surface area contributed by atoms with Crippen molar-refractivity contribution < 1.29 is 24.0 Å². The predicted molar refractivity (Wildman–Crippen MR) is 130 cm³/mol. The first-order valence-electron chi connectivity index (χ1n) is 10.6. The molecule has 0 aliphatic rings. The third kappa shape index (κ3) is 7.23. The Morgan fingerprint density at radius 2 is 1.85 bits per heavy atom. The zero-order valence-electron chi connectivity index (χ0n) is 19.3. The Hall–Kier alpha value is -3.04. The molecule has 0 bridgehead atoms. The van der Waals surface area contributed by atoms with Crippen molar-refractivity contribution in [2.75, 3.05) is 13.7 Å². The Labute approximate surface area is 208 Å². The lowest BCUT2D eigenvalue weighted by Gasteiger charge is -2.31. The van der Waals surface area contributed by atoms with Crippen LogP contribution in [0, 0.1) is 10.1 Å². The lowest BCUT2D eigenvalue weighted by atomic mass is 10.1. The first kappa shape index (κ1) is 27.2. The minimum absolute atomic E-state index is 0.00496. The molecule has 34 heavy (non-hydrogen) atoms. The van der Waals surface area contributed by atoms with Crippen LogP contribution in [0.4, 0.5) is 5.69 Å². The maximum Gasteiger partial charge on any atom is 0.311 e. The van der Waals surface area contributed by atoms with E-state index in [1.165, 1.54) is 30.2 Å². The molecule has 11 heteroatoms. The summed E-state index contributed by atoms with van der Waals surface area (Å²) in [5, 5.41) is 14.6. The third-order valence-electron chi connectivity index (χ3n) is 4.86. The normalized spacial score (nSPS) is 11.6. The molecule has 0 saturated carbocycles. The summed E-state index contributed by atoms with van der Waals surface area (Å²) in [5.41, 5.74) is 0.467. The van der Waals surface area contributed by atoms with Crippen molar-refractivity contribution in [2.45, 2.75) is 45.8 Å². The molecule has 0 saturated heterocycles. The Morgan fingerprint density at radius 3 is 2.41 bits per heavy atom. The molecule has 2 rings (SSSR count). The molecular weight excluding hydrogens is 485 g/mol. The summed E-state index contributed by atoms with van der Waals surface area (Å²) in [6, 6.07) is 8.07. The van der Waals surface area contributed by atoms with Crippen LogP contribution >= 0.6 is 23.2 Å². The maximum atomic E-state index is 13.2. The van der Waals surface area contributed by atoms with Gasteiger partial charge in [-0.15, -0.1) is 0 Å². The van der Waals surface area contributed by atoms with Crippen molar-refractivity contribution in [3.63, 3.8) is 0 Å². The van der Waals surface area contributed by atoms with Crippen molar-refractivity contribution in [1.29, 1.82) is 0 Å². The van der Waals surface area contributed by atoms with Gasteiger partial charge in [0.15, 0.2) is 6.61 Å². The number of hydrogen-bond acceptors (Lipinski definition) is 6. The van der Waals surface area contributed by atoms with Crippen LogP contribution in [0.2, 0.25) is 10.0 Å². The van der Waals surface area contributed by atoms with Crippen LogP contribution in [0.1, 0.15) is 32.8 Å². The van der Waals surface area contributed by atoms with E-state index in [1.807, 2.05) is 20.8 Å². The smallest absolute Gasteiger partial charge is 0.311 e. The number of nitrogens with one attached hydrogen (secondary N) is 1. The standard InChI is InChI=1S/C23H27Cl2N3O6/c1-5-19(23(30)26-14(2)3)27(12-15-6-8-17(24)18(25)10-15)22(29)13-34-16-7-9-20(28(31)32)21(11-16)33-4/h6-11,14,19H,5,12-13H2,1-4H3,(H,26,30)/t19-/m0/s1. The van der Waals surface area contributed by atoms with E-state index in [-0.39, 0.29) is 35.7 Å². The summed E-state index contributed by atoms with van der Waals surface area (Å²) in [6.07, 6.45) is 0.372. The van der Waals surface area contributed by atoms with Crippen LogP contribution in [0.15, 0.2) is 36.4 Å². The van der Waals surface area contributed by atoms with E-state index in [9.17, 15) is 19.7 Å². The summed E-state index contributed by atoms with van der Waals surface area (Å²) < 4.78 is 10.6. The summed E-state index contributed by atoms with van der Waals surface area (Å²) in [6.45, 7) is 5.18. The molecule has 1 atom stereocenters. The molecule has 2 aromatic carbocycles. The van der Waals surface area contributed by atoms with Crippen molar-refractivity contribution in [2.24, 2.45) is 0 Å². The Bertz CT molecular complexity index is 1050. The van der Waals surface area contributed by atoms with Crippen molar-refractivity contribution in [3.05, 3.63) is 62.1 Å². The van der Waals surface area contributed by atoms with Crippen molar-refractivity contribution in [1.82, 2.24) is 10.2 Å². The minimum atomic E-state index is -0.751. The number of amides is 2. The minimum Gasteiger partial charge on any atom is -0.490 e. The topological polar surface area (TPSA) is 111 Å². The van der Waals surface area contributed by atoms with Crippen LogP contribution in [0.5, 0.6) is 11.5 Å². The number of ether oxygens (including phenoxy) is 2. The fourth-order valence-electron chi connectivity index (χ4n) is 3.26. The average molecular weight is 512 g/mol. The number of methoxy groups -OCH3 is 1. The lowest BCUT2D eigenvalue weighted by molar-refractivity contribution is -0.385. The molecule has 9 nitrogen and oxygen atoms in total. The number of rotatable bonds is 11. The number of carbonyl (C=O) groups is 2. The number of carbonyl (C=O) groups excluding carboxylic acids is 2. The fourth-order valence-corrected chi connectivity index (χ4v) is 3.58. The lowest BCUT2D eigenvalue weighted by Crippen LogP contribution is -2.51. The van der Waals surface area contributed by atoms with Crippen LogP contribution in [0.25, 0.3) is 0 Å². The van der Waals surface area contributed by atoms with Crippen molar-refractivity contribution in [3.8, 4) is 11.5 Å². The maximum absolute atomic E-state index is 13.2. The van der Waals surface area contributed by atoms with Crippen LogP contribution < -0.4 is 14.8 Å². The summed E-state index contributed by atoms with van der Waals surface area (Å²) in [5.74, 6) is -0.521. The second-order valence-corrected chi connectivity index (χ2v) is 8.55. The third-order valence-corrected chi connectivity index (χ3v) is 5.60. The zero-order chi connectivity index (χ0) is 25.4. The number of hydrogen-bond donors (Lipinski definition) is 1. The highest BCUT2D eigenvalue weighted by atomic mass is 35.5. The Morgan fingerprint density at radius 1 is 1.15 bits per heavy atom. The van der Waals surface area contributed by atoms with Gasteiger partial charge in [-0.3, -0.25) is 19.7 Å². The van der Waals surface area contributed by atoms with E-state index in [1.54, 1.807) is 18.2 Å². The van der Waals surface area contributed by atoms with Gasteiger partial charge >= 0.3 is 5.69 Å². The highest BCUT2D eigenvalue weighted by molar-refractivity contribution is 6.42. The molecular formula is C23H27Cl2N3O6. The van der Waals surface area contributed by atoms with E-state index >= 15 is 0 Å². The molecule has 0 fully saturated rings. The fraction of sp³-hybridized carbons (Fsp3) is 0.391. The van der Waals surface area contributed by atoms with Gasteiger partial charge in [0, 0.05) is 24.7 Å². The highest BCUT2D eigenvalue weighted by Gasteiger charge is 2.29. The summed E-state index contributed by atoms with van der Waals surface area (Å²) >= 11 is 12.1. The number of nitro benzene ring substituents is 1. The van der Waals surface area contributed by atoms with E-state index in [4.69, 9.17) is 32.7 Å². The second kappa shape index (κ2) is 12.4. The van der Waals surface area contributed by atoms with Gasteiger partial charge in [-0.05, 0) is 44.0 Å². The van der Waals surface area contributed by atoms with Gasteiger partial charge in [-0.25, -0.2) is 0 Å². The largest absolute Gasteiger partial charge is 0.490 e. The number of nitro groups is 1. The van der Waals surface area contributed by atoms with Crippen LogP contribution in [-0.2, 0) is 16.1 Å². The summed E-state index contributed by atoms with van der Waals surface area (Å²) in [4.78, 5) is 38.0. The van der Waals surface area contributed by atoms with E-state index in [2.05, 4.69) is 5.32 Å². The average Bonchev–Trinajstić information content (AvgIpc) is 2.78. The van der Waals surface area contributed by atoms with Gasteiger partial charge in [-0.1, -0.05) is 36.2 Å². The van der Waals surface area contributed by atoms with Gasteiger partial charge < -0.3 is 19.7 Å². The Balaban J connectivity index is 2.27. The van der Waals surface area contributed by atoms with E-state index < -0.39 is 23.5 Å². The molecule has 0 heterocycles. The molecule has 0 unspecified atom stereocenters. The number of benzene rings is 2. The molecule has 2 aromatic rings. The predicted octanol–water partition coefficient (Wildman–Crippen LogP) is 4.62. The molecule has 2 amide bonds. The second-order valence-electron chi connectivity index (χ2n) is 7.74. The zero-order valence-corrected chi connectivity index (χ0v) is 20.9. The first-order valence-corrected chi connectivity index (χ1v) is 11.3. The van der Waals surface area contributed by atoms with Gasteiger partial charge in [0.25, 0.3) is 5.91 Å². The molecule has 0 aromatic heterocycles. The van der Waals surface area contributed by atoms with Gasteiger partial charge in [0.2, 0.25) is 11.7 Å². The molecule has 0 radical (unpaired) electrons. The van der Waals surface area contributed by atoms with Crippen molar-refractivity contribution >= 4 is 40.7 Å². The number of halogens is 2. The monoisotopic (exact) mass is 511 g/mol. The molecule has 0 spiro atoms. The Kier molecular flexibility index (Phi) is 9.95. The highest BCUT2D eigenvalue weighted by Crippen LogP contribution is 2.31. The van der Waals surface area contributed by atoms with E-state index in [0.717, 1.165) is 0 Å². The SMILES string of the molecule is CC[C@@H](C(=O)NC(C)C)N(Cc1ccc(Cl)c(Cl)c1)C(=O)COc1ccc([N+](=O)[O-])c(OC)c1. The first-order chi connectivity index (χ1) is 16.1. The summed E-state index contributed by atoms with van der Waals surface area (Å²) in [7, 11) is 1.30. The molecule has 1 N–H and O–H groups in total. The number of nitrogens with zero attached hydrogens (tertiary/aromatic N) is 2. The molecule has 0 aliphatic heterocycles. The van der Waals surface area contributed by atoms with E-state index in [0.29, 0.717) is 22.0 Å². The quantitative estimate of drug-likeness (QED) is 0.348. The van der Waals surface area contributed by atoms with Gasteiger partial charge in [-0.2, -0.15) is 0 Å². The molecule has 184 valence electrons. The van der Waals surface area contributed by atoms with Gasteiger partial charge in [0.05, 0.1) is 22.1 Å². The van der Waals surface area contributed by atoms with Crippen LogP contribution in [-0.4, -0.2) is 47.4 Å².